The first-order valence-corrected chi connectivity index (χ1v) is 7.89. The molecule has 0 aromatic heterocycles. The standard InChI is InChI=1S/C18H21N3O2S/c1-13(12-14-6-4-5-7-17(14)23-3)20-21-18(24)19-15-8-10-16(22-2)11-9-15/h4-11H,12H2,1-3H3,(H2,19,21,24)/b20-13-. The molecule has 0 atom stereocenters. The molecule has 0 bridgehead atoms. The molecule has 2 aromatic carbocycles. The van der Waals surface area contributed by atoms with Gasteiger partial charge in [0.25, 0.3) is 0 Å². The molecule has 0 heterocycles. The number of ether oxygens (including phenoxy) is 2. The summed E-state index contributed by atoms with van der Waals surface area (Å²) in [6, 6.07) is 15.4. The van der Waals surface area contributed by atoms with Crippen molar-refractivity contribution in [2.24, 2.45) is 5.10 Å². The fraction of sp³-hybridized carbons (Fsp3) is 0.222. The van der Waals surface area contributed by atoms with Crippen molar-refractivity contribution >= 4 is 28.7 Å². The van der Waals surface area contributed by atoms with Gasteiger partial charge in [-0.15, -0.1) is 0 Å². The molecule has 2 N–H and O–H groups in total. The second-order valence-corrected chi connectivity index (χ2v) is 5.54. The van der Waals surface area contributed by atoms with Crippen molar-refractivity contribution in [3.05, 3.63) is 54.1 Å². The fourth-order valence-corrected chi connectivity index (χ4v) is 2.31. The van der Waals surface area contributed by atoms with Gasteiger partial charge < -0.3 is 14.8 Å². The van der Waals surface area contributed by atoms with Crippen LogP contribution in [0.4, 0.5) is 5.69 Å². The summed E-state index contributed by atoms with van der Waals surface area (Å²) < 4.78 is 10.5. The van der Waals surface area contributed by atoms with Crippen LogP contribution in [0.3, 0.4) is 0 Å². The minimum absolute atomic E-state index is 0.430. The van der Waals surface area contributed by atoms with Crippen LogP contribution in [0.15, 0.2) is 53.6 Å². The maximum absolute atomic E-state index is 5.35. The Bertz CT molecular complexity index is 714. The monoisotopic (exact) mass is 343 g/mol. The maximum Gasteiger partial charge on any atom is 0.191 e. The number of rotatable bonds is 6. The molecule has 0 aliphatic rings. The van der Waals surface area contributed by atoms with Crippen molar-refractivity contribution in [3.63, 3.8) is 0 Å². The topological polar surface area (TPSA) is 54.9 Å². The molecule has 126 valence electrons. The van der Waals surface area contributed by atoms with Crippen LogP contribution < -0.4 is 20.2 Å². The van der Waals surface area contributed by atoms with Gasteiger partial charge in [-0.2, -0.15) is 5.10 Å². The first-order chi connectivity index (χ1) is 11.6. The Labute approximate surface area is 147 Å². The number of thiocarbonyl (C=S) groups is 1. The van der Waals surface area contributed by atoms with E-state index >= 15 is 0 Å². The molecule has 0 unspecified atom stereocenters. The number of hydrogen-bond acceptors (Lipinski definition) is 4. The number of para-hydroxylation sites is 1. The number of hydrazone groups is 1. The Hall–Kier alpha value is -2.60. The van der Waals surface area contributed by atoms with Crippen molar-refractivity contribution in [1.82, 2.24) is 5.43 Å². The maximum atomic E-state index is 5.35. The zero-order chi connectivity index (χ0) is 17.4. The van der Waals surface area contributed by atoms with Gasteiger partial charge in [-0.25, -0.2) is 0 Å². The van der Waals surface area contributed by atoms with Crippen molar-refractivity contribution in [2.45, 2.75) is 13.3 Å². The third kappa shape index (κ3) is 5.24. The lowest BCUT2D eigenvalue weighted by atomic mass is 10.1. The molecule has 0 saturated heterocycles. The number of nitrogens with one attached hydrogen (secondary N) is 2. The summed E-state index contributed by atoms with van der Waals surface area (Å²) in [4.78, 5) is 0. The summed E-state index contributed by atoms with van der Waals surface area (Å²) in [5.41, 5.74) is 5.70. The van der Waals surface area contributed by atoms with E-state index in [9.17, 15) is 0 Å². The number of anilines is 1. The molecule has 0 fully saturated rings. The molecule has 0 amide bonds. The highest BCUT2D eigenvalue weighted by molar-refractivity contribution is 7.80. The van der Waals surface area contributed by atoms with Gasteiger partial charge in [0.15, 0.2) is 5.11 Å². The normalized spacial score (nSPS) is 10.9. The molecule has 0 saturated carbocycles. The number of hydrogen-bond donors (Lipinski definition) is 2. The largest absolute Gasteiger partial charge is 0.497 e. The Balaban J connectivity index is 1.90. The van der Waals surface area contributed by atoms with Crippen molar-refractivity contribution in [3.8, 4) is 11.5 Å². The molecule has 24 heavy (non-hydrogen) atoms. The van der Waals surface area contributed by atoms with Crippen molar-refractivity contribution in [1.29, 1.82) is 0 Å². The quantitative estimate of drug-likeness (QED) is 0.477. The van der Waals surface area contributed by atoms with E-state index in [-0.39, 0.29) is 0 Å². The van der Waals surface area contributed by atoms with Crippen LogP contribution in [0.1, 0.15) is 12.5 Å². The summed E-state index contributed by atoms with van der Waals surface area (Å²) in [7, 11) is 3.30. The zero-order valence-electron chi connectivity index (χ0n) is 14.0. The van der Waals surface area contributed by atoms with Gasteiger partial charge in [-0.1, -0.05) is 18.2 Å². The third-order valence-electron chi connectivity index (χ3n) is 3.34. The molecule has 6 heteroatoms. The van der Waals surface area contributed by atoms with Gasteiger partial charge in [-0.05, 0) is 55.0 Å². The van der Waals surface area contributed by atoms with E-state index in [1.165, 1.54) is 0 Å². The Morgan fingerprint density at radius 1 is 1.04 bits per heavy atom. The molecule has 0 aliphatic heterocycles. The van der Waals surface area contributed by atoms with Gasteiger partial charge in [0, 0.05) is 17.8 Å². The molecular weight excluding hydrogens is 322 g/mol. The predicted molar refractivity (Wildman–Crippen MR) is 102 cm³/mol. The fourth-order valence-electron chi connectivity index (χ4n) is 2.14. The first kappa shape index (κ1) is 17.7. The highest BCUT2D eigenvalue weighted by atomic mass is 32.1. The Morgan fingerprint density at radius 3 is 2.42 bits per heavy atom. The van der Waals surface area contributed by atoms with Crippen LogP contribution in [0, 0.1) is 0 Å². The molecule has 2 aromatic rings. The van der Waals surface area contributed by atoms with E-state index < -0.39 is 0 Å². The van der Waals surface area contributed by atoms with Gasteiger partial charge in [0.1, 0.15) is 11.5 Å². The van der Waals surface area contributed by atoms with Crippen molar-refractivity contribution in [2.75, 3.05) is 19.5 Å². The average Bonchev–Trinajstić information content (AvgIpc) is 2.61. The Kier molecular flexibility index (Phi) is 6.57. The van der Waals surface area contributed by atoms with Gasteiger partial charge in [-0.3, -0.25) is 5.43 Å². The summed E-state index contributed by atoms with van der Waals surface area (Å²) in [5, 5.41) is 7.81. The van der Waals surface area contributed by atoms with Crippen LogP contribution in [-0.4, -0.2) is 25.0 Å². The van der Waals surface area contributed by atoms with E-state index in [2.05, 4.69) is 15.8 Å². The zero-order valence-corrected chi connectivity index (χ0v) is 14.8. The number of nitrogens with zero attached hydrogens (tertiary/aromatic N) is 1. The van der Waals surface area contributed by atoms with E-state index in [0.717, 1.165) is 28.5 Å². The smallest absolute Gasteiger partial charge is 0.191 e. The molecule has 2 rings (SSSR count). The summed E-state index contributed by atoms with van der Waals surface area (Å²) >= 11 is 5.24. The van der Waals surface area contributed by atoms with Crippen LogP contribution in [0.25, 0.3) is 0 Å². The molecule has 0 spiro atoms. The summed E-state index contributed by atoms with van der Waals surface area (Å²) in [6.45, 7) is 1.94. The highest BCUT2D eigenvalue weighted by Gasteiger charge is 2.04. The van der Waals surface area contributed by atoms with Crippen LogP contribution in [0.5, 0.6) is 11.5 Å². The van der Waals surface area contributed by atoms with Gasteiger partial charge in [0.05, 0.1) is 14.2 Å². The second-order valence-electron chi connectivity index (χ2n) is 5.13. The predicted octanol–water partition coefficient (Wildman–Crippen LogP) is 3.61. The van der Waals surface area contributed by atoms with E-state index in [1.54, 1.807) is 14.2 Å². The van der Waals surface area contributed by atoms with Crippen LogP contribution >= 0.6 is 12.2 Å². The van der Waals surface area contributed by atoms with E-state index in [0.29, 0.717) is 11.5 Å². The summed E-state index contributed by atoms with van der Waals surface area (Å²) in [5.74, 6) is 1.65. The molecule has 5 nitrogen and oxygen atoms in total. The molecular formula is C18H21N3O2S. The number of methoxy groups -OCH3 is 2. The van der Waals surface area contributed by atoms with Crippen LogP contribution in [-0.2, 0) is 6.42 Å². The average molecular weight is 343 g/mol. The van der Waals surface area contributed by atoms with E-state index in [4.69, 9.17) is 21.7 Å². The third-order valence-corrected chi connectivity index (χ3v) is 3.53. The highest BCUT2D eigenvalue weighted by Crippen LogP contribution is 2.18. The van der Waals surface area contributed by atoms with Crippen molar-refractivity contribution < 1.29 is 9.47 Å². The lowest BCUT2D eigenvalue weighted by molar-refractivity contribution is 0.411. The minimum atomic E-state index is 0.430. The SMILES string of the molecule is COc1ccc(NC(=S)N/N=C(/C)Cc2ccccc2OC)cc1. The second kappa shape index (κ2) is 8.88. The lowest BCUT2D eigenvalue weighted by Crippen LogP contribution is -2.25. The number of benzene rings is 2. The first-order valence-electron chi connectivity index (χ1n) is 7.48. The summed E-state index contributed by atoms with van der Waals surface area (Å²) in [6.07, 6.45) is 0.683. The van der Waals surface area contributed by atoms with Gasteiger partial charge in [0.2, 0.25) is 0 Å². The molecule has 0 aliphatic carbocycles. The lowest BCUT2D eigenvalue weighted by Gasteiger charge is -2.10. The van der Waals surface area contributed by atoms with E-state index in [1.807, 2.05) is 55.5 Å². The molecule has 0 radical (unpaired) electrons. The van der Waals surface area contributed by atoms with Gasteiger partial charge >= 0.3 is 0 Å². The Morgan fingerprint density at radius 2 is 1.75 bits per heavy atom. The van der Waals surface area contributed by atoms with Crippen LogP contribution in [0.2, 0.25) is 0 Å². The minimum Gasteiger partial charge on any atom is -0.497 e.